The molecule has 0 aromatic rings. The van der Waals surface area contributed by atoms with Crippen LogP contribution in [-0.4, -0.2) is 56.6 Å². The second-order valence-corrected chi connectivity index (χ2v) is 8.91. The molecule has 0 heterocycles. The lowest BCUT2D eigenvalue weighted by molar-refractivity contribution is 0.192. The van der Waals surface area contributed by atoms with E-state index in [1.807, 2.05) is 13.8 Å². The average Bonchev–Trinajstić information content (AvgIpc) is 2.32. The van der Waals surface area contributed by atoms with Crippen LogP contribution in [0.2, 0.25) is 12.1 Å². The van der Waals surface area contributed by atoms with Crippen molar-refractivity contribution in [1.82, 2.24) is 0 Å². The number of hydrogen-bond donors (Lipinski definition) is 1. The smallest absolute Gasteiger partial charge is 0.363 e. The van der Waals surface area contributed by atoms with Crippen LogP contribution in [-0.2, 0) is 17.7 Å². The maximum Gasteiger partial charge on any atom is 0.363 e. The molecule has 0 aromatic heterocycles. The molecule has 0 saturated carbocycles. The zero-order valence-electron chi connectivity index (χ0n) is 10.7. The van der Waals surface area contributed by atoms with Gasteiger partial charge in [0.1, 0.15) is 0 Å². The summed E-state index contributed by atoms with van der Waals surface area (Å²) in [5.74, 6) is 0. The minimum Gasteiger partial charge on any atom is -0.397 e. The van der Waals surface area contributed by atoms with E-state index in [9.17, 15) is 5.11 Å². The molecular formula is C9H24O5Si2. The lowest BCUT2D eigenvalue weighted by Crippen LogP contribution is -2.45. The Morgan fingerprint density at radius 1 is 1.06 bits per heavy atom. The van der Waals surface area contributed by atoms with Crippen LogP contribution in [0, 0.1) is 0 Å². The second kappa shape index (κ2) is 9.28. The minimum absolute atomic E-state index is 0.0284. The summed E-state index contributed by atoms with van der Waals surface area (Å²) < 4.78 is 21.8. The first-order valence-corrected chi connectivity index (χ1v) is 9.61. The van der Waals surface area contributed by atoms with Crippen LogP contribution in [0.5, 0.6) is 0 Å². The Morgan fingerprint density at radius 2 is 1.56 bits per heavy atom. The highest BCUT2D eigenvalue weighted by atomic mass is 28.4. The molecule has 0 aliphatic rings. The van der Waals surface area contributed by atoms with Crippen molar-refractivity contribution in [3.63, 3.8) is 0 Å². The Balaban J connectivity index is 4.13. The van der Waals surface area contributed by atoms with E-state index in [4.69, 9.17) is 17.7 Å². The van der Waals surface area contributed by atoms with E-state index in [0.717, 1.165) is 6.04 Å². The van der Waals surface area contributed by atoms with E-state index < -0.39 is 17.8 Å². The summed E-state index contributed by atoms with van der Waals surface area (Å²) in [4.78, 5) is 0. The molecule has 98 valence electrons. The summed E-state index contributed by atoms with van der Waals surface area (Å²) >= 11 is 0. The summed E-state index contributed by atoms with van der Waals surface area (Å²) in [7, 11) is -0.845. The van der Waals surface area contributed by atoms with Crippen LogP contribution in [0.3, 0.4) is 0 Å². The molecule has 0 unspecified atom stereocenters. The number of hydrogen-bond acceptors (Lipinski definition) is 5. The van der Waals surface area contributed by atoms with E-state index >= 15 is 0 Å². The molecule has 16 heavy (non-hydrogen) atoms. The van der Waals surface area contributed by atoms with Gasteiger partial charge >= 0.3 is 17.8 Å². The molecular weight excluding hydrogens is 244 g/mol. The molecule has 1 N–H and O–H groups in total. The van der Waals surface area contributed by atoms with E-state index in [2.05, 4.69) is 0 Å². The van der Waals surface area contributed by atoms with Crippen LogP contribution in [0.15, 0.2) is 0 Å². The predicted octanol–water partition coefficient (Wildman–Crippen LogP) is 0.546. The molecule has 0 bridgehead atoms. The monoisotopic (exact) mass is 268 g/mol. The number of aliphatic hydroxyl groups is 1. The number of rotatable bonds is 10. The Bertz CT molecular complexity index is 152. The highest BCUT2D eigenvalue weighted by Crippen LogP contribution is 2.16. The van der Waals surface area contributed by atoms with Gasteiger partial charge in [0.2, 0.25) is 0 Å². The molecule has 0 aliphatic heterocycles. The summed E-state index contributed by atoms with van der Waals surface area (Å²) in [6, 6.07) is 1.53. The van der Waals surface area contributed by atoms with E-state index in [0.29, 0.717) is 19.3 Å². The van der Waals surface area contributed by atoms with Gasteiger partial charge in [-0.25, -0.2) is 0 Å². The molecule has 0 aliphatic carbocycles. The molecule has 0 saturated heterocycles. The van der Waals surface area contributed by atoms with Crippen LogP contribution in [0.4, 0.5) is 0 Å². The Hall–Kier alpha value is 0.234. The molecule has 0 radical (unpaired) electrons. The van der Waals surface area contributed by atoms with Crippen LogP contribution in [0.25, 0.3) is 0 Å². The van der Waals surface area contributed by atoms with E-state index in [-0.39, 0.29) is 6.23 Å². The third-order valence-electron chi connectivity index (χ3n) is 2.45. The first-order chi connectivity index (χ1) is 7.67. The lowest BCUT2D eigenvalue weighted by Gasteiger charge is -2.26. The third kappa shape index (κ3) is 5.53. The van der Waals surface area contributed by atoms with E-state index in [1.54, 1.807) is 14.2 Å². The second-order valence-electron chi connectivity index (χ2n) is 3.36. The van der Waals surface area contributed by atoms with Crippen molar-refractivity contribution < 1.29 is 22.8 Å². The fourth-order valence-electron chi connectivity index (χ4n) is 1.42. The summed E-state index contributed by atoms with van der Waals surface area (Å²) in [6.45, 7) is 5.26. The molecule has 0 fully saturated rings. The SMILES string of the molecule is CCO[SiH](CC[Si](CO)(OC)OC)OCC. The minimum atomic E-state index is -2.41. The first kappa shape index (κ1) is 16.2. The van der Waals surface area contributed by atoms with Crippen LogP contribution >= 0.6 is 0 Å². The van der Waals surface area contributed by atoms with Gasteiger partial charge in [-0.2, -0.15) is 0 Å². The lowest BCUT2D eigenvalue weighted by atomic mass is 10.9. The maximum absolute atomic E-state index is 9.29. The van der Waals surface area contributed by atoms with Gasteiger partial charge in [0.25, 0.3) is 0 Å². The summed E-state index contributed by atoms with van der Waals surface area (Å²) in [5, 5.41) is 9.29. The fraction of sp³-hybridized carbons (Fsp3) is 1.00. The van der Waals surface area contributed by atoms with Gasteiger partial charge in [-0.1, -0.05) is 0 Å². The van der Waals surface area contributed by atoms with Crippen molar-refractivity contribution >= 4 is 17.8 Å². The van der Waals surface area contributed by atoms with Gasteiger partial charge < -0.3 is 22.8 Å². The van der Waals surface area contributed by atoms with Gasteiger partial charge in [0.15, 0.2) is 0 Å². The fourth-order valence-corrected chi connectivity index (χ4v) is 6.29. The maximum atomic E-state index is 9.29. The Labute approximate surface area is 101 Å². The molecule has 0 amide bonds. The van der Waals surface area contributed by atoms with Gasteiger partial charge in [0, 0.05) is 27.4 Å². The highest BCUT2D eigenvalue weighted by molar-refractivity contribution is 6.68. The van der Waals surface area contributed by atoms with Crippen LogP contribution < -0.4 is 0 Å². The topological polar surface area (TPSA) is 57.2 Å². The zero-order valence-corrected chi connectivity index (χ0v) is 12.8. The zero-order chi connectivity index (χ0) is 12.4. The van der Waals surface area contributed by atoms with Crippen molar-refractivity contribution in [1.29, 1.82) is 0 Å². The highest BCUT2D eigenvalue weighted by Gasteiger charge is 2.36. The van der Waals surface area contributed by atoms with Crippen molar-refractivity contribution in [3.05, 3.63) is 0 Å². The molecule has 7 heteroatoms. The van der Waals surface area contributed by atoms with Crippen molar-refractivity contribution in [3.8, 4) is 0 Å². The van der Waals surface area contributed by atoms with Gasteiger partial charge in [-0.05, 0) is 25.9 Å². The summed E-state index contributed by atoms with van der Waals surface area (Å²) in [6.07, 6.45) is -0.0284. The molecule has 5 nitrogen and oxygen atoms in total. The van der Waals surface area contributed by atoms with Gasteiger partial charge in [-0.15, -0.1) is 0 Å². The van der Waals surface area contributed by atoms with Crippen molar-refractivity contribution in [2.75, 3.05) is 33.7 Å². The van der Waals surface area contributed by atoms with Crippen molar-refractivity contribution in [2.45, 2.75) is 25.9 Å². The first-order valence-electron chi connectivity index (χ1n) is 5.62. The molecule has 0 rings (SSSR count). The number of aliphatic hydroxyl groups excluding tert-OH is 1. The standard InChI is InChI=1S/C9H24O5Si2/c1-5-13-15(14-6-2)7-8-16(9-10,11-3)12-4/h10,15H,5-9H2,1-4H3. The van der Waals surface area contributed by atoms with E-state index in [1.165, 1.54) is 0 Å². The van der Waals surface area contributed by atoms with Crippen molar-refractivity contribution in [2.24, 2.45) is 0 Å². The normalized spacial score (nSPS) is 12.4. The quantitative estimate of drug-likeness (QED) is 0.586. The predicted molar refractivity (Wildman–Crippen MR) is 66.9 cm³/mol. The Kier molecular flexibility index (Phi) is 9.42. The molecule has 0 aromatic carbocycles. The van der Waals surface area contributed by atoms with Crippen LogP contribution in [0.1, 0.15) is 13.8 Å². The van der Waals surface area contributed by atoms with Gasteiger partial charge in [0.05, 0.1) is 6.23 Å². The largest absolute Gasteiger partial charge is 0.397 e. The molecule has 0 atom stereocenters. The Morgan fingerprint density at radius 3 is 1.88 bits per heavy atom. The average molecular weight is 268 g/mol. The van der Waals surface area contributed by atoms with Gasteiger partial charge in [-0.3, -0.25) is 0 Å². The third-order valence-corrected chi connectivity index (χ3v) is 8.22. The summed E-state index contributed by atoms with van der Waals surface area (Å²) in [5.41, 5.74) is 0. The molecule has 0 spiro atoms.